The Morgan fingerprint density at radius 3 is 2.34 bits per heavy atom. The summed E-state index contributed by atoms with van der Waals surface area (Å²) in [4.78, 5) is 21.2. The fourth-order valence-electron chi connectivity index (χ4n) is 3.17. The van der Waals surface area contributed by atoms with Crippen molar-refractivity contribution in [2.75, 3.05) is 5.32 Å². The molecule has 0 aromatic heterocycles. The van der Waals surface area contributed by atoms with Crippen LogP contribution in [0.15, 0.2) is 24.3 Å². The number of carboxylic acid groups (broad SMARTS) is 1. The van der Waals surface area contributed by atoms with E-state index >= 15 is 0 Å². The molecule has 4 N–H and O–H groups in total. The topological polar surface area (TPSA) is 133 Å². The van der Waals surface area contributed by atoms with Gasteiger partial charge in [-0.25, -0.2) is 0 Å². The predicted octanol–water partition coefficient (Wildman–Crippen LogP) is 2.53. The molecule has 12 heteroatoms. The summed E-state index contributed by atoms with van der Waals surface area (Å²) in [6.07, 6.45) is -2.85. The standard InChI is InChI=1S/C9H13F3O2.C8H10AsNO5/c10-9(11,12)7-4-2-1-3-6(7)5-8(13)14;1-6(11)10-8-5-3-2-4-7(8)9(12,13)15-14/h6-7H,1-5H2,(H,13,14);2-5,14H,1H3,(H,10,11)(H,12,13). The third-order valence-electron chi connectivity index (χ3n) is 4.40. The Balaban J connectivity index is 0.000000291. The number of alkyl halides is 3. The number of carboxylic acids is 1. The van der Waals surface area contributed by atoms with E-state index in [-0.39, 0.29) is 28.8 Å². The van der Waals surface area contributed by atoms with Crippen LogP contribution >= 0.6 is 0 Å². The molecule has 0 spiro atoms. The van der Waals surface area contributed by atoms with Crippen LogP contribution in [0.5, 0.6) is 0 Å². The molecule has 0 aliphatic heterocycles. The third kappa shape index (κ3) is 8.21. The molecule has 164 valence electrons. The van der Waals surface area contributed by atoms with E-state index in [1.165, 1.54) is 25.1 Å². The third-order valence-corrected chi connectivity index (χ3v) is 6.96. The second kappa shape index (κ2) is 10.8. The molecule has 1 aliphatic rings. The molecule has 2 rings (SSSR count). The van der Waals surface area contributed by atoms with Crippen molar-refractivity contribution in [1.29, 1.82) is 0 Å². The largest absolute Gasteiger partial charge is 0.481 e. The van der Waals surface area contributed by atoms with Gasteiger partial charge in [0, 0.05) is 6.42 Å². The average molecular weight is 485 g/mol. The van der Waals surface area contributed by atoms with Gasteiger partial charge in [0.2, 0.25) is 0 Å². The van der Waals surface area contributed by atoms with Crippen molar-refractivity contribution < 1.29 is 44.8 Å². The van der Waals surface area contributed by atoms with Crippen molar-refractivity contribution in [2.45, 2.75) is 45.2 Å². The average Bonchev–Trinajstić information content (AvgIpc) is 2.61. The molecule has 0 saturated heterocycles. The van der Waals surface area contributed by atoms with Gasteiger partial charge in [0.1, 0.15) is 0 Å². The number of benzene rings is 1. The smallest absolute Gasteiger partial charge is 0.392 e. The minimum Gasteiger partial charge on any atom is -0.481 e. The predicted molar refractivity (Wildman–Crippen MR) is 96.5 cm³/mol. The van der Waals surface area contributed by atoms with Crippen molar-refractivity contribution in [3.05, 3.63) is 24.3 Å². The Morgan fingerprint density at radius 2 is 1.83 bits per heavy atom. The van der Waals surface area contributed by atoms with E-state index in [1.807, 2.05) is 0 Å². The van der Waals surface area contributed by atoms with E-state index in [0.29, 0.717) is 19.3 Å². The van der Waals surface area contributed by atoms with Gasteiger partial charge in [-0.05, 0) is 18.8 Å². The minimum absolute atomic E-state index is 0.0848. The zero-order valence-corrected chi connectivity index (χ0v) is 17.4. The molecule has 1 amide bonds. The van der Waals surface area contributed by atoms with Gasteiger partial charge in [-0.2, -0.15) is 13.2 Å². The number of anilines is 1. The van der Waals surface area contributed by atoms with E-state index < -0.39 is 38.2 Å². The van der Waals surface area contributed by atoms with Gasteiger partial charge in [0.25, 0.3) is 0 Å². The van der Waals surface area contributed by atoms with E-state index in [2.05, 4.69) is 9.19 Å². The second-order valence-electron chi connectivity index (χ2n) is 6.59. The van der Waals surface area contributed by atoms with Gasteiger partial charge < -0.3 is 5.11 Å². The van der Waals surface area contributed by atoms with Crippen molar-refractivity contribution in [3.63, 3.8) is 0 Å². The van der Waals surface area contributed by atoms with Crippen LogP contribution in [0.3, 0.4) is 0 Å². The van der Waals surface area contributed by atoms with Crippen LogP contribution in [0.2, 0.25) is 0 Å². The molecule has 0 radical (unpaired) electrons. The van der Waals surface area contributed by atoms with Crippen LogP contribution in [-0.4, -0.2) is 46.7 Å². The SMILES string of the molecule is CC(=O)Nc1ccccc1[As](=O)(O)OO.O=C(O)CC1CCCCC1C(F)(F)F. The van der Waals surface area contributed by atoms with Gasteiger partial charge in [0.15, 0.2) is 0 Å². The summed E-state index contributed by atoms with van der Waals surface area (Å²) in [6, 6.07) is 5.84. The maximum atomic E-state index is 12.4. The van der Waals surface area contributed by atoms with Crippen LogP contribution in [0.25, 0.3) is 0 Å². The molecule has 3 unspecified atom stereocenters. The molecule has 0 bridgehead atoms. The number of aliphatic carboxylic acids is 1. The number of hydrogen-bond acceptors (Lipinski definition) is 5. The normalized spacial score (nSPS) is 21.3. The Hall–Kier alpha value is -1.81. The first-order valence-corrected chi connectivity index (χ1v) is 12.0. The van der Waals surface area contributed by atoms with Gasteiger partial charge in [0.05, 0.1) is 5.92 Å². The Labute approximate surface area is 168 Å². The summed E-state index contributed by atoms with van der Waals surface area (Å²) in [6.45, 7) is 1.27. The fraction of sp³-hybridized carbons (Fsp3) is 0.529. The van der Waals surface area contributed by atoms with Crippen molar-refractivity contribution in [2.24, 2.45) is 11.8 Å². The minimum atomic E-state index is -4.92. The Kier molecular flexibility index (Phi) is 9.41. The first-order chi connectivity index (χ1) is 13.4. The number of rotatable bonds is 5. The number of nitrogens with one attached hydrogen (secondary N) is 1. The number of amides is 1. The summed E-state index contributed by atoms with van der Waals surface area (Å²) < 4.78 is 61.5. The molecular formula is C17H23AsF3NO7. The Morgan fingerprint density at radius 1 is 1.24 bits per heavy atom. The maximum Gasteiger partial charge on any atom is 0.392 e. The summed E-state index contributed by atoms with van der Waals surface area (Å²) in [5.74, 6) is -3.64. The summed E-state index contributed by atoms with van der Waals surface area (Å²) in [5.41, 5.74) is 0.157. The van der Waals surface area contributed by atoms with E-state index in [9.17, 15) is 30.6 Å². The number of hydrogen-bond donors (Lipinski definition) is 4. The molecule has 1 saturated carbocycles. The molecule has 1 fully saturated rings. The summed E-state index contributed by atoms with van der Waals surface area (Å²) in [5, 5.41) is 19.2. The number of carbonyl (C=O) groups is 2. The molecule has 0 heterocycles. The number of para-hydroxylation sites is 1. The van der Waals surface area contributed by atoms with Crippen LogP contribution < -0.4 is 9.67 Å². The first kappa shape index (κ1) is 25.2. The monoisotopic (exact) mass is 485 g/mol. The van der Waals surface area contributed by atoms with Crippen molar-refractivity contribution >= 4 is 36.1 Å². The molecular weight excluding hydrogens is 462 g/mol. The van der Waals surface area contributed by atoms with Crippen LogP contribution in [-0.2, 0) is 17.2 Å². The molecule has 1 aromatic rings. The van der Waals surface area contributed by atoms with Gasteiger partial charge in [-0.1, -0.05) is 12.8 Å². The van der Waals surface area contributed by atoms with E-state index in [1.54, 1.807) is 6.07 Å². The zero-order valence-electron chi connectivity index (χ0n) is 15.6. The molecule has 3 atom stereocenters. The second-order valence-corrected chi connectivity index (χ2v) is 10.1. The summed E-state index contributed by atoms with van der Waals surface area (Å²) in [7, 11) is 0. The maximum absolute atomic E-state index is 12.4. The van der Waals surface area contributed by atoms with Crippen LogP contribution in [0, 0.1) is 11.8 Å². The van der Waals surface area contributed by atoms with Gasteiger partial charge in [-0.15, -0.1) is 0 Å². The van der Waals surface area contributed by atoms with Crippen LogP contribution in [0.1, 0.15) is 39.0 Å². The molecule has 1 aliphatic carbocycles. The summed E-state index contributed by atoms with van der Waals surface area (Å²) >= 11 is -4.92. The molecule has 29 heavy (non-hydrogen) atoms. The Bertz CT molecular complexity index is 757. The van der Waals surface area contributed by atoms with Crippen LogP contribution in [0.4, 0.5) is 18.9 Å². The molecule has 8 nitrogen and oxygen atoms in total. The van der Waals surface area contributed by atoms with Gasteiger partial charge >= 0.3 is 101 Å². The van der Waals surface area contributed by atoms with Crippen molar-refractivity contribution in [1.82, 2.24) is 0 Å². The fourth-order valence-corrected chi connectivity index (χ4v) is 4.84. The zero-order chi connectivity index (χ0) is 22.2. The first-order valence-electron chi connectivity index (χ1n) is 8.70. The van der Waals surface area contributed by atoms with Gasteiger partial charge in [-0.3, -0.25) is 4.79 Å². The quantitative estimate of drug-likeness (QED) is 0.286. The number of halogens is 3. The van der Waals surface area contributed by atoms with E-state index in [4.69, 9.17) is 10.4 Å². The van der Waals surface area contributed by atoms with E-state index in [0.717, 1.165) is 0 Å². The van der Waals surface area contributed by atoms with Crippen molar-refractivity contribution in [3.8, 4) is 0 Å². The number of carbonyl (C=O) groups excluding carboxylic acids is 1. The molecule has 1 aromatic carbocycles.